The Morgan fingerprint density at radius 3 is 2.59 bits per heavy atom. The molecule has 0 N–H and O–H groups in total. The van der Waals surface area contributed by atoms with Crippen molar-refractivity contribution in [2.45, 2.75) is 24.6 Å². The minimum Gasteiger partial charge on any atom is -0.342 e. The molecule has 1 amide bonds. The molecule has 1 aromatic carbocycles. The van der Waals surface area contributed by atoms with E-state index < -0.39 is 0 Å². The summed E-state index contributed by atoms with van der Waals surface area (Å²) in [6.45, 7) is 1.52. The standard InChI is InChI=1S/C13H15Cl2NO/c14-11-5-7-16(8-6-11)13(17)9-10-3-1-2-4-12(10)15/h1-4,11H,5-9H2. The Hall–Kier alpha value is -0.730. The van der Waals surface area contributed by atoms with Crippen molar-refractivity contribution in [1.82, 2.24) is 4.90 Å². The zero-order chi connectivity index (χ0) is 12.3. The fourth-order valence-corrected chi connectivity index (χ4v) is 2.41. The van der Waals surface area contributed by atoms with Gasteiger partial charge in [-0.05, 0) is 24.5 Å². The van der Waals surface area contributed by atoms with Crippen LogP contribution in [0.4, 0.5) is 0 Å². The van der Waals surface area contributed by atoms with E-state index >= 15 is 0 Å². The van der Waals surface area contributed by atoms with Gasteiger partial charge in [0.15, 0.2) is 0 Å². The SMILES string of the molecule is O=C(Cc1ccccc1Cl)N1CCC(Cl)CC1. The van der Waals surface area contributed by atoms with Gasteiger partial charge in [0.1, 0.15) is 0 Å². The molecule has 1 heterocycles. The first kappa shape index (κ1) is 12.7. The summed E-state index contributed by atoms with van der Waals surface area (Å²) in [4.78, 5) is 13.9. The van der Waals surface area contributed by atoms with E-state index in [1.807, 2.05) is 29.2 Å². The van der Waals surface area contributed by atoms with E-state index in [-0.39, 0.29) is 11.3 Å². The molecular weight excluding hydrogens is 257 g/mol. The summed E-state index contributed by atoms with van der Waals surface area (Å²) < 4.78 is 0. The molecule has 0 aliphatic carbocycles. The lowest BCUT2D eigenvalue weighted by Crippen LogP contribution is -2.39. The van der Waals surface area contributed by atoms with Crippen LogP contribution in [-0.4, -0.2) is 29.3 Å². The predicted molar refractivity (Wildman–Crippen MR) is 70.6 cm³/mol. The zero-order valence-corrected chi connectivity index (χ0v) is 11.0. The normalized spacial score (nSPS) is 17.2. The maximum absolute atomic E-state index is 12.1. The number of likely N-dealkylation sites (tertiary alicyclic amines) is 1. The van der Waals surface area contributed by atoms with Crippen molar-refractivity contribution in [3.63, 3.8) is 0 Å². The summed E-state index contributed by atoms with van der Waals surface area (Å²) in [5, 5.41) is 0.882. The van der Waals surface area contributed by atoms with Crippen LogP contribution >= 0.6 is 23.2 Å². The van der Waals surface area contributed by atoms with Gasteiger partial charge < -0.3 is 4.90 Å². The van der Waals surface area contributed by atoms with Gasteiger partial charge >= 0.3 is 0 Å². The van der Waals surface area contributed by atoms with Crippen LogP contribution in [0.2, 0.25) is 5.02 Å². The first-order valence-electron chi connectivity index (χ1n) is 5.82. The first-order valence-corrected chi connectivity index (χ1v) is 6.63. The van der Waals surface area contributed by atoms with Crippen LogP contribution in [0.25, 0.3) is 0 Å². The van der Waals surface area contributed by atoms with Crippen LogP contribution in [0.1, 0.15) is 18.4 Å². The molecule has 92 valence electrons. The Morgan fingerprint density at radius 1 is 1.29 bits per heavy atom. The Bertz CT molecular complexity index is 400. The first-order chi connectivity index (χ1) is 8.16. The van der Waals surface area contributed by atoms with E-state index in [9.17, 15) is 4.79 Å². The molecule has 1 aliphatic heterocycles. The van der Waals surface area contributed by atoms with Gasteiger partial charge in [-0.15, -0.1) is 11.6 Å². The fourth-order valence-electron chi connectivity index (χ4n) is 2.01. The van der Waals surface area contributed by atoms with E-state index in [2.05, 4.69) is 0 Å². The predicted octanol–water partition coefficient (Wildman–Crippen LogP) is 3.11. The number of halogens is 2. The van der Waals surface area contributed by atoms with E-state index in [1.165, 1.54) is 0 Å². The molecule has 0 saturated carbocycles. The second kappa shape index (κ2) is 5.74. The van der Waals surface area contributed by atoms with Crippen molar-refractivity contribution in [2.75, 3.05) is 13.1 Å². The van der Waals surface area contributed by atoms with Gasteiger partial charge in [-0.2, -0.15) is 0 Å². The molecule has 1 aromatic rings. The van der Waals surface area contributed by atoms with Gasteiger partial charge in [0.25, 0.3) is 0 Å². The second-order valence-electron chi connectivity index (χ2n) is 4.32. The third-order valence-corrected chi connectivity index (χ3v) is 3.88. The maximum atomic E-state index is 12.1. The second-order valence-corrected chi connectivity index (χ2v) is 5.35. The Balaban J connectivity index is 1.95. The summed E-state index contributed by atoms with van der Waals surface area (Å²) >= 11 is 12.1. The zero-order valence-electron chi connectivity index (χ0n) is 9.53. The van der Waals surface area contributed by atoms with Gasteiger partial charge in [0, 0.05) is 23.5 Å². The van der Waals surface area contributed by atoms with Crippen molar-refractivity contribution in [2.24, 2.45) is 0 Å². The van der Waals surface area contributed by atoms with Crippen molar-refractivity contribution < 1.29 is 4.79 Å². The van der Waals surface area contributed by atoms with E-state index in [0.29, 0.717) is 11.4 Å². The number of hydrogen-bond acceptors (Lipinski definition) is 1. The molecular formula is C13H15Cl2NO. The third kappa shape index (κ3) is 3.36. The fraction of sp³-hybridized carbons (Fsp3) is 0.462. The smallest absolute Gasteiger partial charge is 0.227 e. The number of carbonyl (C=O) groups is 1. The summed E-state index contributed by atoms with van der Waals surface area (Å²) in [7, 11) is 0. The van der Waals surface area contributed by atoms with Gasteiger partial charge in [-0.1, -0.05) is 29.8 Å². The molecule has 0 aromatic heterocycles. The molecule has 0 radical (unpaired) electrons. The monoisotopic (exact) mass is 271 g/mol. The number of rotatable bonds is 2. The maximum Gasteiger partial charge on any atom is 0.227 e. The lowest BCUT2D eigenvalue weighted by Gasteiger charge is -2.29. The summed E-state index contributed by atoms with van der Waals surface area (Å²) in [6, 6.07) is 7.48. The van der Waals surface area contributed by atoms with Gasteiger partial charge in [0.05, 0.1) is 6.42 Å². The van der Waals surface area contributed by atoms with Crippen LogP contribution in [0, 0.1) is 0 Å². The largest absolute Gasteiger partial charge is 0.342 e. The van der Waals surface area contributed by atoms with E-state index in [1.54, 1.807) is 0 Å². The quantitative estimate of drug-likeness (QED) is 0.757. The molecule has 0 spiro atoms. The summed E-state index contributed by atoms with van der Waals surface area (Å²) in [6.07, 6.45) is 2.15. The highest BCUT2D eigenvalue weighted by Crippen LogP contribution is 2.19. The molecule has 2 nitrogen and oxygen atoms in total. The van der Waals surface area contributed by atoms with Crippen LogP contribution < -0.4 is 0 Å². The molecule has 0 unspecified atom stereocenters. The number of amides is 1. The number of piperidine rings is 1. The van der Waals surface area contributed by atoms with Crippen molar-refractivity contribution >= 4 is 29.1 Å². The average Bonchev–Trinajstić information content (AvgIpc) is 2.33. The molecule has 0 bridgehead atoms. The number of hydrogen-bond donors (Lipinski definition) is 0. The summed E-state index contributed by atoms with van der Waals surface area (Å²) in [5.41, 5.74) is 0.896. The number of nitrogens with zero attached hydrogens (tertiary/aromatic N) is 1. The van der Waals surface area contributed by atoms with Crippen LogP contribution in [-0.2, 0) is 11.2 Å². The molecule has 4 heteroatoms. The van der Waals surface area contributed by atoms with Crippen molar-refractivity contribution in [1.29, 1.82) is 0 Å². The molecule has 2 rings (SSSR count). The Labute approximate surface area is 112 Å². The van der Waals surface area contributed by atoms with Crippen LogP contribution in [0.15, 0.2) is 24.3 Å². The highest BCUT2D eigenvalue weighted by molar-refractivity contribution is 6.31. The Morgan fingerprint density at radius 2 is 1.94 bits per heavy atom. The van der Waals surface area contributed by atoms with E-state index in [0.717, 1.165) is 31.5 Å². The minimum atomic E-state index is 0.140. The van der Waals surface area contributed by atoms with Gasteiger partial charge in [-0.25, -0.2) is 0 Å². The highest BCUT2D eigenvalue weighted by atomic mass is 35.5. The van der Waals surface area contributed by atoms with Crippen molar-refractivity contribution in [3.05, 3.63) is 34.9 Å². The molecule has 1 saturated heterocycles. The molecule has 0 atom stereocenters. The van der Waals surface area contributed by atoms with Crippen LogP contribution in [0.3, 0.4) is 0 Å². The topological polar surface area (TPSA) is 20.3 Å². The van der Waals surface area contributed by atoms with Gasteiger partial charge in [-0.3, -0.25) is 4.79 Å². The molecule has 1 aliphatic rings. The van der Waals surface area contributed by atoms with E-state index in [4.69, 9.17) is 23.2 Å². The molecule has 17 heavy (non-hydrogen) atoms. The third-order valence-electron chi connectivity index (χ3n) is 3.08. The summed E-state index contributed by atoms with van der Waals surface area (Å²) in [5.74, 6) is 0.140. The van der Waals surface area contributed by atoms with Crippen molar-refractivity contribution in [3.8, 4) is 0 Å². The van der Waals surface area contributed by atoms with Gasteiger partial charge in [0.2, 0.25) is 5.91 Å². The number of benzene rings is 1. The van der Waals surface area contributed by atoms with Crippen LogP contribution in [0.5, 0.6) is 0 Å². The average molecular weight is 272 g/mol. The highest BCUT2D eigenvalue weighted by Gasteiger charge is 2.21. The lowest BCUT2D eigenvalue weighted by atomic mass is 10.1. The molecule has 1 fully saturated rings. The number of carbonyl (C=O) groups excluding carboxylic acids is 1. The Kier molecular flexibility index (Phi) is 4.30. The lowest BCUT2D eigenvalue weighted by molar-refractivity contribution is -0.131. The minimum absolute atomic E-state index is 0.140. The number of alkyl halides is 1.